The number of benzene rings is 1. The highest BCUT2D eigenvalue weighted by Gasteiger charge is 2.53. The molecule has 1 unspecified atom stereocenters. The Balaban J connectivity index is 2.01. The van der Waals surface area contributed by atoms with Crippen molar-refractivity contribution < 1.29 is 24.4 Å². The number of aromatic hydroxyl groups is 1. The second-order valence-corrected chi connectivity index (χ2v) is 5.60. The average Bonchev–Trinajstić information content (AvgIpc) is 2.88. The van der Waals surface area contributed by atoms with Gasteiger partial charge in [-0.25, -0.2) is 0 Å². The molecule has 3 rings (SSSR count). The number of methoxy groups -OCH3 is 1. The van der Waals surface area contributed by atoms with Gasteiger partial charge in [-0.1, -0.05) is 0 Å². The van der Waals surface area contributed by atoms with E-state index in [1.165, 1.54) is 0 Å². The summed E-state index contributed by atoms with van der Waals surface area (Å²) in [6.07, 6.45) is 1.39. The summed E-state index contributed by atoms with van der Waals surface area (Å²) in [6.45, 7) is 2.76. The molecule has 1 saturated heterocycles. The topological polar surface area (TPSA) is 68.2 Å². The molecule has 0 radical (unpaired) electrons. The van der Waals surface area contributed by atoms with Gasteiger partial charge < -0.3 is 24.4 Å². The average molecular weight is 280 g/mol. The molecule has 1 heterocycles. The van der Waals surface area contributed by atoms with Gasteiger partial charge in [0.25, 0.3) is 0 Å². The van der Waals surface area contributed by atoms with Gasteiger partial charge >= 0.3 is 0 Å². The molecule has 1 aliphatic heterocycles. The number of hydrogen-bond donors (Lipinski definition) is 2. The fraction of sp³-hybridized carbons (Fsp3) is 0.600. The quantitative estimate of drug-likeness (QED) is 0.856. The van der Waals surface area contributed by atoms with Crippen molar-refractivity contribution in [1.82, 2.24) is 0 Å². The molecule has 2 aliphatic rings. The molecular weight excluding hydrogens is 260 g/mol. The predicted octanol–water partition coefficient (Wildman–Crippen LogP) is 1.38. The van der Waals surface area contributed by atoms with Gasteiger partial charge in [0.15, 0.2) is 5.79 Å². The summed E-state index contributed by atoms with van der Waals surface area (Å²) in [5, 5.41) is 21.0. The highest BCUT2D eigenvalue weighted by molar-refractivity contribution is 5.50. The van der Waals surface area contributed by atoms with E-state index in [0.717, 1.165) is 11.1 Å². The van der Waals surface area contributed by atoms with Crippen LogP contribution in [0.3, 0.4) is 0 Å². The van der Waals surface area contributed by atoms with E-state index in [4.69, 9.17) is 14.2 Å². The van der Waals surface area contributed by atoms with Crippen molar-refractivity contribution in [3.8, 4) is 11.5 Å². The highest BCUT2D eigenvalue weighted by atomic mass is 16.7. The third kappa shape index (κ3) is 1.89. The van der Waals surface area contributed by atoms with E-state index in [2.05, 4.69) is 0 Å². The van der Waals surface area contributed by atoms with Crippen LogP contribution in [0.2, 0.25) is 0 Å². The standard InChI is InChI=1S/C15H20O5/c1-14(19-7-8-20-14)15(17)6-5-10-11(9-15)13(18-2)4-3-12(10)16/h3-4,16-17H,5-9H2,1-2H3. The molecule has 1 aromatic rings. The smallest absolute Gasteiger partial charge is 0.194 e. The zero-order valence-electron chi connectivity index (χ0n) is 11.8. The maximum atomic E-state index is 11.0. The van der Waals surface area contributed by atoms with E-state index in [1.54, 1.807) is 26.2 Å². The minimum absolute atomic E-state index is 0.251. The van der Waals surface area contributed by atoms with Crippen LogP contribution in [0.4, 0.5) is 0 Å². The Morgan fingerprint density at radius 2 is 1.90 bits per heavy atom. The van der Waals surface area contributed by atoms with E-state index in [9.17, 15) is 10.2 Å². The summed E-state index contributed by atoms with van der Waals surface area (Å²) in [5.74, 6) is -0.0694. The normalized spacial score (nSPS) is 28.1. The molecule has 1 fully saturated rings. The number of ether oxygens (including phenoxy) is 3. The van der Waals surface area contributed by atoms with Crippen LogP contribution < -0.4 is 4.74 Å². The zero-order chi connectivity index (χ0) is 14.4. The maximum absolute atomic E-state index is 11.0. The summed E-state index contributed by atoms with van der Waals surface area (Å²) >= 11 is 0. The van der Waals surface area contributed by atoms with Crippen molar-refractivity contribution in [2.45, 2.75) is 37.6 Å². The largest absolute Gasteiger partial charge is 0.508 e. The van der Waals surface area contributed by atoms with Gasteiger partial charge in [-0.3, -0.25) is 0 Å². The second-order valence-electron chi connectivity index (χ2n) is 5.60. The van der Waals surface area contributed by atoms with Crippen molar-refractivity contribution in [2.24, 2.45) is 0 Å². The Kier molecular flexibility index (Phi) is 3.16. The number of phenols is 1. The van der Waals surface area contributed by atoms with E-state index in [0.29, 0.717) is 38.2 Å². The van der Waals surface area contributed by atoms with Crippen molar-refractivity contribution in [2.75, 3.05) is 20.3 Å². The van der Waals surface area contributed by atoms with Crippen LogP contribution >= 0.6 is 0 Å². The fourth-order valence-corrected chi connectivity index (χ4v) is 3.21. The molecule has 2 N–H and O–H groups in total. The van der Waals surface area contributed by atoms with Gasteiger partial charge in [-0.05, 0) is 31.9 Å². The maximum Gasteiger partial charge on any atom is 0.194 e. The third-order valence-electron chi connectivity index (χ3n) is 4.52. The fourth-order valence-electron chi connectivity index (χ4n) is 3.21. The van der Waals surface area contributed by atoms with Crippen LogP contribution in [0, 0.1) is 0 Å². The lowest BCUT2D eigenvalue weighted by atomic mass is 9.75. The van der Waals surface area contributed by atoms with Crippen LogP contribution in [-0.4, -0.2) is 41.9 Å². The first kappa shape index (κ1) is 13.7. The number of aliphatic hydroxyl groups is 1. The number of hydrogen-bond acceptors (Lipinski definition) is 5. The molecule has 0 spiro atoms. The summed E-state index contributed by atoms with van der Waals surface area (Å²) < 4.78 is 16.6. The zero-order valence-corrected chi connectivity index (χ0v) is 11.8. The monoisotopic (exact) mass is 280 g/mol. The molecule has 5 heteroatoms. The van der Waals surface area contributed by atoms with Crippen molar-refractivity contribution in [1.29, 1.82) is 0 Å². The molecule has 0 saturated carbocycles. The van der Waals surface area contributed by atoms with Crippen LogP contribution in [0.1, 0.15) is 24.5 Å². The number of fused-ring (bicyclic) bond motifs is 1. The molecule has 0 bridgehead atoms. The molecule has 110 valence electrons. The molecule has 1 atom stereocenters. The lowest BCUT2D eigenvalue weighted by Gasteiger charge is -2.43. The van der Waals surface area contributed by atoms with Crippen LogP contribution in [0.15, 0.2) is 12.1 Å². The van der Waals surface area contributed by atoms with Crippen molar-refractivity contribution in [3.05, 3.63) is 23.3 Å². The molecular formula is C15H20O5. The molecule has 1 aliphatic carbocycles. The van der Waals surface area contributed by atoms with Gasteiger partial charge in [-0.15, -0.1) is 0 Å². The van der Waals surface area contributed by atoms with Crippen molar-refractivity contribution >= 4 is 0 Å². The van der Waals surface area contributed by atoms with E-state index in [-0.39, 0.29) is 5.75 Å². The number of phenolic OH excluding ortho intramolecular Hbond substituents is 1. The van der Waals surface area contributed by atoms with Crippen LogP contribution in [-0.2, 0) is 22.3 Å². The SMILES string of the molecule is COc1ccc(O)c2c1CC(O)(C1(C)OCCO1)CC2. The van der Waals surface area contributed by atoms with E-state index < -0.39 is 11.4 Å². The highest BCUT2D eigenvalue weighted by Crippen LogP contribution is 2.45. The Morgan fingerprint density at radius 3 is 2.55 bits per heavy atom. The van der Waals surface area contributed by atoms with Crippen LogP contribution in [0.25, 0.3) is 0 Å². The Labute approximate surface area is 118 Å². The van der Waals surface area contributed by atoms with Gasteiger partial charge in [-0.2, -0.15) is 0 Å². The van der Waals surface area contributed by atoms with E-state index in [1.807, 2.05) is 0 Å². The Bertz CT molecular complexity index is 521. The Morgan fingerprint density at radius 1 is 1.20 bits per heavy atom. The van der Waals surface area contributed by atoms with Gasteiger partial charge in [0, 0.05) is 17.5 Å². The van der Waals surface area contributed by atoms with Crippen LogP contribution in [0.5, 0.6) is 11.5 Å². The molecule has 0 amide bonds. The van der Waals surface area contributed by atoms with Gasteiger partial charge in [0.05, 0.1) is 20.3 Å². The van der Waals surface area contributed by atoms with Crippen molar-refractivity contribution in [3.63, 3.8) is 0 Å². The summed E-state index contributed by atoms with van der Waals surface area (Å²) in [5.41, 5.74) is 0.564. The first-order chi connectivity index (χ1) is 9.49. The first-order valence-electron chi connectivity index (χ1n) is 6.87. The van der Waals surface area contributed by atoms with Gasteiger partial charge in [0.1, 0.15) is 17.1 Å². The van der Waals surface area contributed by atoms with Gasteiger partial charge in [0.2, 0.25) is 0 Å². The first-order valence-corrected chi connectivity index (χ1v) is 6.87. The third-order valence-corrected chi connectivity index (χ3v) is 4.52. The predicted molar refractivity (Wildman–Crippen MR) is 71.9 cm³/mol. The summed E-state index contributed by atoms with van der Waals surface area (Å²) in [6, 6.07) is 3.35. The lowest BCUT2D eigenvalue weighted by Crippen LogP contribution is -2.56. The molecule has 20 heavy (non-hydrogen) atoms. The summed E-state index contributed by atoms with van der Waals surface area (Å²) in [7, 11) is 1.59. The minimum Gasteiger partial charge on any atom is -0.508 e. The minimum atomic E-state index is -1.11. The van der Waals surface area contributed by atoms with E-state index >= 15 is 0 Å². The lowest BCUT2D eigenvalue weighted by molar-refractivity contribution is -0.262. The number of rotatable bonds is 2. The molecule has 1 aromatic carbocycles. The molecule has 0 aromatic heterocycles. The molecule has 5 nitrogen and oxygen atoms in total. The summed E-state index contributed by atoms with van der Waals surface area (Å²) in [4.78, 5) is 0. The Hall–Kier alpha value is -1.30. The second kappa shape index (κ2) is 4.62.